The number of allylic oxidation sites excluding steroid dienone is 1. The van der Waals surface area contributed by atoms with Gasteiger partial charge in [0.2, 0.25) is 0 Å². The molecule has 428 valence electrons. The Hall–Kier alpha value is -3.76. The van der Waals surface area contributed by atoms with E-state index < -0.39 is 39.5 Å². The predicted octanol–water partition coefficient (Wildman–Crippen LogP) is 14.0. The Morgan fingerprint density at radius 1 is 0.812 bits per heavy atom. The lowest BCUT2D eigenvalue weighted by molar-refractivity contribution is -0.271. The van der Waals surface area contributed by atoms with Gasteiger partial charge in [0.05, 0.1) is 34.8 Å². The van der Waals surface area contributed by atoms with Crippen molar-refractivity contribution in [2.24, 2.45) is 62.1 Å². The number of aromatic nitrogens is 3. The van der Waals surface area contributed by atoms with Crippen molar-refractivity contribution in [2.75, 3.05) is 13.2 Å². The molecule has 1 aromatic carbocycles. The first-order valence-electron chi connectivity index (χ1n) is 32.8. The quantitative estimate of drug-likeness (QED) is 0.136. The van der Waals surface area contributed by atoms with Gasteiger partial charge in [0.15, 0.2) is 5.78 Å². The first-order valence-corrected chi connectivity index (χ1v) is 32.8. The van der Waals surface area contributed by atoms with Crippen LogP contribution in [0, 0.1) is 62.1 Å². The van der Waals surface area contributed by atoms with E-state index in [0.717, 1.165) is 95.3 Å². The third-order valence-corrected chi connectivity index (χ3v) is 27.8. The monoisotopic (exact) mass is 1080 g/mol. The van der Waals surface area contributed by atoms with Crippen LogP contribution in [-0.2, 0) is 44.9 Å². The lowest BCUT2D eigenvalue weighted by Crippen LogP contribution is -2.74. The standard InChI is InChI=1S/C71H93N3O6/c1-65(2)64(80-65)53(76)34-66(3)24-18-43-36-73-59-44(30-39-31-49(41-22-28-79-29-23-41)47-17-16-40-12-8-11-15-46(40)50(47)32-39)37-74(60(43)59)38-51-55-57(66)52(75)35-68(55,5)67(4)25-20-54-69(6,45-13-9-10-14-45)63(78)56-48-21-27-72-58(48)42-19-26-71(56,33-42)70(54,7)62(67)61(51)77/h21,27,31-32,36-37,40-42,45-46,51,53-54,56,61-62,64,72-73,76-77H,8-20,22-26,28-30,33-35,38H2,1-7H3. The fraction of sp³-hybridized carbons (Fsp3) is 0.718. The minimum Gasteiger partial charge on any atom is -0.392 e. The van der Waals surface area contributed by atoms with Crippen LogP contribution < -0.4 is 0 Å². The number of ketones is 2. The second kappa shape index (κ2) is 17.4. The van der Waals surface area contributed by atoms with Gasteiger partial charge in [-0.15, -0.1) is 0 Å². The number of benzene rings is 1. The van der Waals surface area contributed by atoms with Gasteiger partial charge in [-0.1, -0.05) is 72.4 Å². The number of rotatable bonds is 7. The summed E-state index contributed by atoms with van der Waals surface area (Å²) in [6.45, 7) is 18.8. The van der Waals surface area contributed by atoms with Crippen molar-refractivity contribution in [3.8, 4) is 0 Å². The number of nitrogens with one attached hydrogen (secondary N) is 2. The van der Waals surface area contributed by atoms with Crippen LogP contribution in [0.25, 0.3) is 11.0 Å². The Bertz CT molecular complexity index is 3250. The number of epoxide rings is 1. The normalized spacial score (nSPS) is 43.0. The van der Waals surface area contributed by atoms with Crippen molar-refractivity contribution < 1.29 is 29.3 Å². The molecule has 4 N–H and O–H groups in total. The highest BCUT2D eigenvalue weighted by molar-refractivity contribution is 6.02. The van der Waals surface area contributed by atoms with E-state index in [0.29, 0.717) is 55.3 Å². The molecular formula is C71H93N3O6. The zero-order valence-electron chi connectivity index (χ0n) is 49.5. The zero-order valence-corrected chi connectivity index (χ0v) is 49.5. The summed E-state index contributed by atoms with van der Waals surface area (Å²) in [5, 5.41) is 27.1. The molecule has 4 aromatic rings. The van der Waals surface area contributed by atoms with Crippen LogP contribution in [0.15, 0.2) is 47.9 Å². The number of hydrogen-bond donors (Lipinski definition) is 4. The predicted molar refractivity (Wildman–Crippen MR) is 312 cm³/mol. The summed E-state index contributed by atoms with van der Waals surface area (Å²) in [7, 11) is 0. The molecule has 8 fully saturated rings. The summed E-state index contributed by atoms with van der Waals surface area (Å²) in [6, 6.07) is 7.55. The number of H-pyrrole nitrogens is 2. The maximum absolute atomic E-state index is 16.3. The average molecular weight is 1080 g/mol. The smallest absolute Gasteiger partial charge is 0.160 e. The van der Waals surface area contributed by atoms with E-state index in [1.807, 2.05) is 0 Å². The van der Waals surface area contributed by atoms with Crippen LogP contribution in [0.4, 0.5) is 0 Å². The molecule has 1 spiro atoms. The van der Waals surface area contributed by atoms with Crippen molar-refractivity contribution >= 4 is 22.6 Å². The molecule has 9 aliphatic carbocycles. The van der Waals surface area contributed by atoms with Gasteiger partial charge in [-0.05, 0) is 230 Å². The molecule has 16 unspecified atom stereocenters. The maximum atomic E-state index is 16.3. The third-order valence-electron chi connectivity index (χ3n) is 27.8. The number of ether oxygens (including phenoxy) is 2. The van der Waals surface area contributed by atoms with E-state index >= 15 is 9.59 Å². The second-order valence-electron chi connectivity index (χ2n) is 31.4. The Labute approximate surface area is 476 Å². The largest absolute Gasteiger partial charge is 0.392 e. The lowest BCUT2D eigenvalue weighted by atomic mass is 9.27. The van der Waals surface area contributed by atoms with Crippen LogP contribution in [-0.4, -0.2) is 73.4 Å². The number of aryl methyl sites for hydroxylation is 1. The number of aliphatic hydroxyl groups excluding tert-OH is 2. The first kappa shape index (κ1) is 51.8. The molecule has 6 heterocycles. The van der Waals surface area contributed by atoms with Crippen molar-refractivity contribution in [3.63, 3.8) is 0 Å². The zero-order chi connectivity index (χ0) is 54.8. The molecular weight excluding hydrogens is 991 g/mol. The van der Waals surface area contributed by atoms with Crippen molar-refractivity contribution in [1.29, 1.82) is 0 Å². The van der Waals surface area contributed by atoms with Crippen molar-refractivity contribution in [1.82, 2.24) is 14.5 Å². The molecule has 2 bridgehead atoms. The van der Waals surface area contributed by atoms with Crippen molar-refractivity contribution in [2.45, 2.75) is 244 Å². The lowest BCUT2D eigenvalue weighted by Gasteiger charge is -2.76. The van der Waals surface area contributed by atoms with Gasteiger partial charge < -0.3 is 34.2 Å². The topological polar surface area (TPSA) is 133 Å². The number of aromatic amines is 2. The van der Waals surface area contributed by atoms with E-state index in [1.165, 1.54) is 95.9 Å². The van der Waals surface area contributed by atoms with Gasteiger partial charge >= 0.3 is 0 Å². The van der Waals surface area contributed by atoms with Gasteiger partial charge in [-0.25, -0.2) is 0 Å². The molecule has 0 amide bonds. The fourth-order valence-corrected chi connectivity index (χ4v) is 24.1. The molecule has 6 saturated carbocycles. The molecule has 80 heavy (non-hydrogen) atoms. The molecule has 3 aromatic heterocycles. The highest BCUT2D eigenvalue weighted by Gasteiger charge is 2.81. The summed E-state index contributed by atoms with van der Waals surface area (Å²) in [6.07, 6.45) is 27.9. The summed E-state index contributed by atoms with van der Waals surface area (Å²) < 4.78 is 14.7. The van der Waals surface area contributed by atoms with E-state index in [2.05, 4.69) is 99.8 Å². The number of carbonyl (C=O) groups is 2. The van der Waals surface area contributed by atoms with Gasteiger partial charge in [-0.2, -0.15) is 0 Å². The Morgan fingerprint density at radius 3 is 2.36 bits per heavy atom. The van der Waals surface area contributed by atoms with Crippen LogP contribution in [0.2, 0.25) is 0 Å². The minimum atomic E-state index is -0.756. The Kier molecular flexibility index (Phi) is 11.3. The van der Waals surface area contributed by atoms with E-state index in [1.54, 1.807) is 16.7 Å². The molecule has 2 saturated heterocycles. The molecule has 9 heteroatoms. The number of hydrogen-bond acceptors (Lipinski definition) is 6. The summed E-state index contributed by atoms with van der Waals surface area (Å²) in [5.41, 5.74) is 12.8. The number of carbonyl (C=O) groups excluding carboxylic acids is 2. The van der Waals surface area contributed by atoms with Crippen molar-refractivity contribution in [3.05, 3.63) is 92.6 Å². The van der Waals surface area contributed by atoms with E-state index in [-0.39, 0.29) is 46.4 Å². The number of Topliss-reactive ketones (excluding diaryl/α,β-unsaturated/α-hetero) is 2. The van der Waals surface area contributed by atoms with Gasteiger partial charge in [0.1, 0.15) is 11.9 Å². The van der Waals surface area contributed by atoms with Gasteiger partial charge in [-0.3, -0.25) is 9.59 Å². The van der Waals surface area contributed by atoms with Gasteiger partial charge in [0, 0.05) is 79.2 Å². The van der Waals surface area contributed by atoms with Gasteiger partial charge in [0.25, 0.3) is 0 Å². The number of nitrogens with zero attached hydrogens (tertiary/aromatic N) is 1. The summed E-state index contributed by atoms with van der Waals surface area (Å²) in [4.78, 5) is 39.9. The molecule has 3 aliphatic heterocycles. The summed E-state index contributed by atoms with van der Waals surface area (Å²) >= 11 is 0. The molecule has 0 radical (unpaired) electrons. The number of fused-ring (bicyclic) bond motifs is 11. The minimum absolute atomic E-state index is 0.133. The first-order chi connectivity index (χ1) is 38.3. The van der Waals surface area contributed by atoms with Crippen LogP contribution >= 0.6 is 0 Å². The Balaban J connectivity index is 0.876. The SMILES string of the molecule is CC1(CC(O)C2OC2(C)C)CCc2c[nH]c3c(Cc4cc(C5CCOCC5)c5c(c4)C4CCCCC4CC5)cn(c23)CC2C3=C1C(=O)CC3(C)C1(C)CCC3C(C)(C4CCCC4)C(=O)C4c5cc[nH]c5C5CCC4(C5)C3(C)C1C2O. The molecule has 9 nitrogen and oxygen atoms in total. The molecule has 16 rings (SSSR count). The third kappa shape index (κ3) is 6.68. The summed E-state index contributed by atoms with van der Waals surface area (Å²) in [5.74, 6) is 2.88. The van der Waals surface area contributed by atoms with E-state index in [4.69, 9.17) is 9.47 Å². The second-order valence-corrected chi connectivity index (χ2v) is 31.4. The van der Waals surface area contributed by atoms with Crippen LogP contribution in [0.3, 0.4) is 0 Å². The highest BCUT2D eigenvalue weighted by atomic mass is 16.6. The average Bonchev–Trinajstić information content (AvgIpc) is 1.35. The maximum Gasteiger partial charge on any atom is 0.160 e. The van der Waals surface area contributed by atoms with E-state index in [9.17, 15) is 10.2 Å². The number of aliphatic hydroxyl groups is 2. The van der Waals surface area contributed by atoms with Crippen LogP contribution in [0.5, 0.6) is 0 Å². The molecule has 12 aliphatic rings. The molecule has 16 atom stereocenters. The Morgan fingerprint density at radius 2 is 1.57 bits per heavy atom. The van der Waals surface area contributed by atoms with Crippen LogP contribution in [0.1, 0.15) is 239 Å². The highest BCUT2D eigenvalue weighted by Crippen LogP contribution is 2.84. The fourth-order valence-electron chi connectivity index (χ4n) is 24.1.